The third-order valence-electron chi connectivity index (χ3n) is 4.57. The lowest BCUT2D eigenvalue weighted by Crippen LogP contribution is -2.38. The number of anilines is 1. The van der Waals surface area contributed by atoms with Gasteiger partial charge in [0.1, 0.15) is 12.4 Å². The number of ether oxygens (including phenoxy) is 2. The Morgan fingerprint density at radius 3 is 2.82 bits per heavy atom. The highest BCUT2D eigenvalue weighted by molar-refractivity contribution is 9.10. The summed E-state index contributed by atoms with van der Waals surface area (Å²) in [6, 6.07) is 13.3. The molecule has 150 valence electrons. The van der Waals surface area contributed by atoms with Crippen LogP contribution in [0.2, 0.25) is 0 Å². The van der Waals surface area contributed by atoms with Crippen LogP contribution in [0, 0.1) is 6.92 Å². The fourth-order valence-corrected chi connectivity index (χ4v) is 3.45. The number of morpholine rings is 1. The number of aryl methyl sites for hydroxylation is 1. The van der Waals surface area contributed by atoms with Crippen LogP contribution in [0.15, 0.2) is 46.9 Å². The van der Waals surface area contributed by atoms with E-state index in [4.69, 9.17) is 9.47 Å². The van der Waals surface area contributed by atoms with Gasteiger partial charge in [0.15, 0.2) is 0 Å². The predicted octanol–water partition coefficient (Wildman–Crippen LogP) is 3.79. The maximum Gasteiger partial charge on any atom is 0.319 e. The average Bonchev–Trinajstić information content (AvgIpc) is 2.70. The van der Waals surface area contributed by atoms with E-state index in [9.17, 15) is 4.79 Å². The second-order valence-electron chi connectivity index (χ2n) is 6.72. The van der Waals surface area contributed by atoms with Gasteiger partial charge >= 0.3 is 6.03 Å². The zero-order chi connectivity index (χ0) is 19.8. The first kappa shape index (κ1) is 20.6. The number of carbonyl (C=O) groups is 1. The molecule has 0 atom stereocenters. The largest absolute Gasteiger partial charge is 0.492 e. The number of halogens is 1. The minimum Gasteiger partial charge on any atom is -0.492 e. The summed E-state index contributed by atoms with van der Waals surface area (Å²) in [4.78, 5) is 14.5. The van der Waals surface area contributed by atoms with E-state index in [-0.39, 0.29) is 6.03 Å². The zero-order valence-corrected chi connectivity index (χ0v) is 17.6. The van der Waals surface area contributed by atoms with Gasteiger partial charge in [-0.25, -0.2) is 4.79 Å². The Bertz CT molecular complexity index is 794. The number of amides is 2. The highest BCUT2D eigenvalue weighted by atomic mass is 79.9. The topological polar surface area (TPSA) is 62.8 Å². The summed E-state index contributed by atoms with van der Waals surface area (Å²) in [6.45, 7) is 7.42. The van der Waals surface area contributed by atoms with Gasteiger partial charge in [-0.15, -0.1) is 0 Å². The van der Waals surface area contributed by atoms with Crippen molar-refractivity contribution in [3.8, 4) is 5.75 Å². The fourth-order valence-electron chi connectivity index (χ4n) is 2.98. The molecule has 7 heteroatoms. The van der Waals surface area contributed by atoms with Crippen LogP contribution in [-0.2, 0) is 11.3 Å². The van der Waals surface area contributed by atoms with Crippen LogP contribution in [-0.4, -0.2) is 50.4 Å². The molecule has 2 N–H and O–H groups in total. The molecule has 2 aromatic rings. The van der Waals surface area contributed by atoms with Crippen molar-refractivity contribution in [3.05, 3.63) is 58.1 Å². The van der Waals surface area contributed by atoms with Crippen LogP contribution >= 0.6 is 15.9 Å². The van der Waals surface area contributed by atoms with Crippen LogP contribution in [0.4, 0.5) is 10.5 Å². The maximum atomic E-state index is 12.2. The summed E-state index contributed by atoms with van der Waals surface area (Å²) < 4.78 is 12.2. The second kappa shape index (κ2) is 10.5. The molecule has 1 aliphatic rings. The van der Waals surface area contributed by atoms with Gasteiger partial charge in [-0.3, -0.25) is 4.90 Å². The Hall–Kier alpha value is -2.09. The lowest BCUT2D eigenvalue weighted by molar-refractivity contribution is 0.0322. The molecule has 0 spiro atoms. The van der Waals surface area contributed by atoms with Crippen molar-refractivity contribution in [2.24, 2.45) is 0 Å². The second-order valence-corrected chi connectivity index (χ2v) is 7.63. The Morgan fingerprint density at radius 2 is 2.04 bits per heavy atom. The van der Waals surface area contributed by atoms with Gasteiger partial charge in [0.05, 0.1) is 13.2 Å². The molecule has 1 saturated heterocycles. The summed E-state index contributed by atoms with van der Waals surface area (Å²) in [5.41, 5.74) is 2.78. The van der Waals surface area contributed by atoms with Crippen LogP contribution in [0.25, 0.3) is 0 Å². The molecule has 2 amide bonds. The van der Waals surface area contributed by atoms with Gasteiger partial charge in [-0.05, 0) is 48.4 Å². The van der Waals surface area contributed by atoms with Crippen LogP contribution in [0.3, 0.4) is 0 Å². The molecule has 0 aromatic heterocycles. The molecule has 6 nitrogen and oxygen atoms in total. The number of hydrogen-bond donors (Lipinski definition) is 2. The molecule has 0 saturated carbocycles. The standard InChI is InChI=1S/C21H26BrN3O3/c1-16-13-18(22)5-6-20(16)24-21(26)23-15-17-3-2-4-19(14-17)28-12-9-25-7-10-27-11-8-25/h2-6,13-14H,7-12,15H2,1H3,(H2,23,24,26). The first-order valence-corrected chi connectivity index (χ1v) is 10.2. The Balaban J connectivity index is 1.44. The number of urea groups is 1. The summed E-state index contributed by atoms with van der Waals surface area (Å²) in [7, 11) is 0. The van der Waals surface area contributed by atoms with E-state index in [1.807, 2.05) is 49.4 Å². The molecule has 0 unspecified atom stereocenters. The Labute approximate surface area is 174 Å². The average molecular weight is 448 g/mol. The van der Waals surface area contributed by atoms with Gasteiger partial charge in [0.2, 0.25) is 0 Å². The summed E-state index contributed by atoms with van der Waals surface area (Å²) in [6.07, 6.45) is 0. The van der Waals surface area contributed by atoms with Crippen molar-refractivity contribution in [2.75, 3.05) is 44.8 Å². The molecular weight excluding hydrogens is 422 g/mol. The minimum absolute atomic E-state index is 0.232. The first-order valence-electron chi connectivity index (χ1n) is 9.43. The van der Waals surface area contributed by atoms with E-state index in [1.165, 1.54) is 0 Å². The van der Waals surface area contributed by atoms with Crippen LogP contribution in [0.5, 0.6) is 5.75 Å². The molecule has 1 heterocycles. The highest BCUT2D eigenvalue weighted by Gasteiger charge is 2.10. The number of carbonyl (C=O) groups excluding carboxylic acids is 1. The SMILES string of the molecule is Cc1cc(Br)ccc1NC(=O)NCc1cccc(OCCN2CCOCC2)c1. The smallest absolute Gasteiger partial charge is 0.319 e. The van der Waals surface area contributed by atoms with Gasteiger partial charge < -0.3 is 20.1 Å². The van der Waals surface area contributed by atoms with E-state index in [0.717, 1.165) is 59.9 Å². The molecule has 0 aliphatic carbocycles. The van der Waals surface area contributed by atoms with Crippen molar-refractivity contribution >= 4 is 27.6 Å². The molecule has 2 aromatic carbocycles. The number of nitrogens with zero attached hydrogens (tertiary/aromatic N) is 1. The van der Waals surface area contributed by atoms with Gasteiger partial charge in [0, 0.05) is 36.3 Å². The van der Waals surface area contributed by atoms with Crippen molar-refractivity contribution in [3.63, 3.8) is 0 Å². The van der Waals surface area contributed by atoms with Crippen molar-refractivity contribution in [1.29, 1.82) is 0 Å². The molecule has 3 rings (SSSR count). The van der Waals surface area contributed by atoms with Crippen molar-refractivity contribution in [1.82, 2.24) is 10.2 Å². The van der Waals surface area contributed by atoms with E-state index in [0.29, 0.717) is 13.2 Å². The molecule has 0 radical (unpaired) electrons. The van der Waals surface area contributed by atoms with Crippen LogP contribution in [0.1, 0.15) is 11.1 Å². The van der Waals surface area contributed by atoms with E-state index in [1.54, 1.807) is 0 Å². The van der Waals surface area contributed by atoms with Crippen molar-refractivity contribution in [2.45, 2.75) is 13.5 Å². The lowest BCUT2D eigenvalue weighted by Gasteiger charge is -2.26. The van der Waals surface area contributed by atoms with Gasteiger partial charge in [-0.1, -0.05) is 28.1 Å². The summed E-state index contributed by atoms with van der Waals surface area (Å²) in [5, 5.41) is 5.76. The summed E-state index contributed by atoms with van der Waals surface area (Å²) >= 11 is 3.42. The fraction of sp³-hybridized carbons (Fsp3) is 0.381. The van der Waals surface area contributed by atoms with E-state index >= 15 is 0 Å². The van der Waals surface area contributed by atoms with Gasteiger partial charge in [0.25, 0.3) is 0 Å². The van der Waals surface area contributed by atoms with E-state index in [2.05, 4.69) is 31.5 Å². The summed E-state index contributed by atoms with van der Waals surface area (Å²) in [5.74, 6) is 0.816. The van der Waals surface area contributed by atoms with Crippen molar-refractivity contribution < 1.29 is 14.3 Å². The lowest BCUT2D eigenvalue weighted by atomic mass is 10.2. The molecule has 1 fully saturated rings. The molecule has 1 aliphatic heterocycles. The number of nitrogens with one attached hydrogen (secondary N) is 2. The quantitative estimate of drug-likeness (QED) is 0.677. The third-order valence-corrected chi connectivity index (χ3v) is 5.06. The molecular formula is C21H26BrN3O3. The van der Waals surface area contributed by atoms with Crippen LogP contribution < -0.4 is 15.4 Å². The van der Waals surface area contributed by atoms with E-state index < -0.39 is 0 Å². The predicted molar refractivity (Wildman–Crippen MR) is 114 cm³/mol. The number of rotatable bonds is 7. The minimum atomic E-state index is -0.232. The van der Waals surface area contributed by atoms with Gasteiger partial charge in [-0.2, -0.15) is 0 Å². The molecule has 28 heavy (non-hydrogen) atoms. The Kier molecular flexibility index (Phi) is 7.71. The maximum absolute atomic E-state index is 12.2. The highest BCUT2D eigenvalue weighted by Crippen LogP contribution is 2.20. The zero-order valence-electron chi connectivity index (χ0n) is 16.0. The third kappa shape index (κ3) is 6.51. The normalized spacial score (nSPS) is 14.5. The molecule has 0 bridgehead atoms. The monoisotopic (exact) mass is 447 g/mol. The Morgan fingerprint density at radius 1 is 1.21 bits per heavy atom. The number of benzene rings is 2. The first-order chi connectivity index (χ1) is 13.6. The number of hydrogen-bond acceptors (Lipinski definition) is 4.